The van der Waals surface area contributed by atoms with Gasteiger partial charge in [-0.1, -0.05) is 103 Å². The van der Waals surface area contributed by atoms with Gasteiger partial charge in [0.2, 0.25) is 0 Å². The minimum absolute atomic E-state index is 0.0735. The van der Waals surface area contributed by atoms with Gasteiger partial charge in [-0.15, -0.1) is 0 Å². The lowest BCUT2D eigenvalue weighted by molar-refractivity contribution is 1.26. The van der Waals surface area contributed by atoms with Crippen molar-refractivity contribution in [1.82, 2.24) is 4.48 Å². The number of fused-ring (bicyclic) bond motifs is 10. The number of hydrogen-bond acceptors (Lipinski definition) is 1. The Balaban J connectivity index is 1.43. The first-order valence-electron chi connectivity index (χ1n) is 14.3. The summed E-state index contributed by atoms with van der Waals surface area (Å²) in [7, 11) is 0. The quantitative estimate of drug-likeness (QED) is 0.156. The standard InChI is InChI=1S/C38H23BN2/c1-2-12-27(13-3-1)40-35-19-9-15-29-31-17-8-16-30-28-14-6-7-18-34(28)41(37(30)31)39(36(29)35)33-21-20-26-22-24-10-4-5-11-25(24)23-32(26)38(33)40/h1-23H. The van der Waals surface area contributed by atoms with E-state index in [0.29, 0.717) is 0 Å². The number of aromatic nitrogens is 1. The van der Waals surface area contributed by atoms with Gasteiger partial charge in [-0.2, -0.15) is 0 Å². The van der Waals surface area contributed by atoms with Crippen LogP contribution < -0.4 is 15.8 Å². The lowest BCUT2D eigenvalue weighted by Gasteiger charge is -2.41. The predicted molar refractivity (Wildman–Crippen MR) is 175 cm³/mol. The third kappa shape index (κ3) is 2.68. The Hall–Kier alpha value is -5.28. The smallest absolute Gasteiger partial charge is 0.333 e. The van der Waals surface area contributed by atoms with Crippen LogP contribution >= 0.6 is 0 Å². The van der Waals surface area contributed by atoms with Gasteiger partial charge in [0.15, 0.2) is 0 Å². The zero-order valence-corrected chi connectivity index (χ0v) is 22.3. The molecule has 2 aliphatic rings. The van der Waals surface area contributed by atoms with Crippen LogP contribution in [-0.2, 0) is 0 Å². The van der Waals surface area contributed by atoms with Crippen LogP contribution in [0.2, 0.25) is 0 Å². The summed E-state index contributed by atoms with van der Waals surface area (Å²) in [6.07, 6.45) is 0. The molecule has 10 rings (SSSR count). The summed E-state index contributed by atoms with van der Waals surface area (Å²) in [6.45, 7) is 0.0735. The van der Waals surface area contributed by atoms with Gasteiger partial charge < -0.3 is 9.38 Å². The number of hydrogen-bond donors (Lipinski definition) is 0. The molecule has 0 atom stereocenters. The van der Waals surface area contributed by atoms with Crippen LogP contribution in [0.5, 0.6) is 0 Å². The van der Waals surface area contributed by atoms with Gasteiger partial charge >= 0.3 is 6.85 Å². The predicted octanol–water partition coefficient (Wildman–Crippen LogP) is 8.52. The maximum absolute atomic E-state index is 2.62. The van der Waals surface area contributed by atoms with Gasteiger partial charge in [-0.05, 0) is 69.0 Å². The van der Waals surface area contributed by atoms with Gasteiger partial charge in [-0.3, -0.25) is 0 Å². The first kappa shape index (κ1) is 21.5. The second-order valence-corrected chi connectivity index (χ2v) is 11.3. The van der Waals surface area contributed by atoms with Crippen molar-refractivity contribution in [3.8, 4) is 11.1 Å². The second kappa shape index (κ2) is 7.68. The van der Waals surface area contributed by atoms with E-state index in [2.05, 4.69) is 149 Å². The highest BCUT2D eigenvalue weighted by Crippen LogP contribution is 2.46. The average molecular weight is 518 g/mol. The van der Waals surface area contributed by atoms with Crippen LogP contribution in [0.1, 0.15) is 0 Å². The van der Waals surface area contributed by atoms with Crippen molar-refractivity contribution in [2.75, 3.05) is 4.90 Å². The van der Waals surface area contributed by atoms with Gasteiger partial charge in [-0.25, -0.2) is 0 Å². The molecule has 2 nitrogen and oxygen atoms in total. The molecule has 0 amide bonds. The summed E-state index contributed by atoms with van der Waals surface area (Å²) < 4.78 is 2.62. The molecule has 188 valence electrons. The zero-order valence-electron chi connectivity index (χ0n) is 22.3. The minimum Gasteiger partial charge on any atom is -0.375 e. The van der Waals surface area contributed by atoms with Gasteiger partial charge in [0.1, 0.15) is 0 Å². The Morgan fingerprint density at radius 2 is 1.22 bits per heavy atom. The zero-order chi connectivity index (χ0) is 26.7. The minimum atomic E-state index is 0.0735. The van der Waals surface area contributed by atoms with E-state index in [1.807, 2.05) is 0 Å². The van der Waals surface area contributed by atoms with E-state index in [4.69, 9.17) is 0 Å². The summed E-state index contributed by atoms with van der Waals surface area (Å²) in [5, 5.41) is 7.73. The third-order valence-corrected chi connectivity index (χ3v) is 9.30. The van der Waals surface area contributed by atoms with E-state index < -0.39 is 0 Å². The molecule has 41 heavy (non-hydrogen) atoms. The Kier molecular flexibility index (Phi) is 4.03. The fourth-order valence-electron chi connectivity index (χ4n) is 7.68. The maximum atomic E-state index is 2.62. The van der Waals surface area contributed by atoms with Crippen LogP contribution in [0.3, 0.4) is 0 Å². The molecular formula is C38H23BN2. The number of nitrogens with zero attached hydrogens (tertiary/aromatic N) is 2. The molecule has 0 spiro atoms. The molecule has 3 heteroatoms. The number of anilines is 3. The first-order valence-corrected chi connectivity index (χ1v) is 14.3. The fourth-order valence-corrected chi connectivity index (χ4v) is 7.68. The highest BCUT2D eigenvalue weighted by Gasteiger charge is 2.42. The SMILES string of the molecule is c1ccc(N2c3cccc4c3B(c3ccc5cc6ccccc6cc5c32)n2c3ccccc3c3cccc-4c32)cc1. The Bertz CT molecular complexity index is 2380. The largest absolute Gasteiger partial charge is 0.375 e. The molecule has 0 bridgehead atoms. The highest BCUT2D eigenvalue weighted by atomic mass is 15.2. The molecule has 3 heterocycles. The van der Waals surface area contributed by atoms with Crippen molar-refractivity contribution in [3.63, 3.8) is 0 Å². The molecule has 0 fully saturated rings. The molecule has 8 aromatic rings. The molecule has 7 aromatic carbocycles. The fraction of sp³-hybridized carbons (Fsp3) is 0. The van der Waals surface area contributed by atoms with E-state index in [-0.39, 0.29) is 6.85 Å². The van der Waals surface area contributed by atoms with Crippen molar-refractivity contribution in [3.05, 3.63) is 140 Å². The van der Waals surface area contributed by atoms with Crippen molar-refractivity contribution in [2.24, 2.45) is 0 Å². The van der Waals surface area contributed by atoms with Crippen molar-refractivity contribution in [1.29, 1.82) is 0 Å². The van der Waals surface area contributed by atoms with Gasteiger partial charge in [0, 0.05) is 44.1 Å². The third-order valence-electron chi connectivity index (χ3n) is 9.30. The van der Waals surface area contributed by atoms with E-state index >= 15 is 0 Å². The molecule has 0 saturated heterocycles. The first-order chi connectivity index (χ1) is 20.4. The lowest BCUT2D eigenvalue weighted by Crippen LogP contribution is -2.56. The Morgan fingerprint density at radius 3 is 2.12 bits per heavy atom. The molecular weight excluding hydrogens is 495 g/mol. The maximum Gasteiger partial charge on any atom is 0.333 e. The van der Waals surface area contributed by atoms with Crippen molar-refractivity contribution >= 4 is 78.2 Å². The Morgan fingerprint density at radius 1 is 0.488 bits per heavy atom. The summed E-state index contributed by atoms with van der Waals surface area (Å²) in [6, 6.07) is 51.7. The molecule has 0 N–H and O–H groups in total. The van der Waals surface area contributed by atoms with Crippen LogP contribution in [0, 0.1) is 0 Å². The molecule has 0 unspecified atom stereocenters. The summed E-state index contributed by atoms with van der Waals surface area (Å²) in [4.78, 5) is 2.51. The van der Waals surface area contributed by atoms with E-state index in [9.17, 15) is 0 Å². The Labute approximate surface area is 237 Å². The number of benzene rings is 7. The van der Waals surface area contributed by atoms with E-state index in [1.165, 1.54) is 82.5 Å². The number of rotatable bonds is 1. The summed E-state index contributed by atoms with van der Waals surface area (Å²) in [5.41, 5.74) is 11.7. The monoisotopic (exact) mass is 518 g/mol. The van der Waals surface area contributed by atoms with Crippen LogP contribution in [0.25, 0.3) is 54.5 Å². The summed E-state index contributed by atoms with van der Waals surface area (Å²) in [5.74, 6) is 0. The number of para-hydroxylation sites is 3. The van der Waals surface area contributed by atoms with E-state index in [0.717, 1.165) is 0 Å². The molecule has 0 aliphatic carbocycles. The molecule has 2 aliphatic heterocycles. The molecule has 0 saturated carbocycles. The molecule has 1 aromatic heterocycles. The van der Waals surface area contributed by atoms with Crippen molar-refractivity contribution in [2.45, 2.75) is 0 Å². The second-order valence-electron chi connectivity index (χ2n) is 11.3. The van der Waals surface area contributed by atoms with Crippen LogP contribution in [0.15, 0.2) is 140 Å². The lowest BCUT2D eigenvalue weighted by atomic mass is 9.45. The molecule has 0 radical (unpaired) electrons. The highest BCUT2D eigenvalue weighted by molar-refractivity contribution is 6.90. The topological polar surface area (TPSA) is 8.17 Å². The van der Waals surface area contributed by atoms with Crippen molar-refractivity contribution < 1.29 is 0 Å². The summed E-state index contributed by atoms with van der Waals surface area (Å²) >= 11 is 0. The van der Waals surface area contributed by atoms with Crippen LogP contribution in [0.4, 0.5) is 17.1 Å². The average Bonchev–Trinajstić information content (AvgIpc) is 3.37. The van der Waals surface area contributed by atoms with Crippen LogP contribution in [-0.4, -0.2) is 11.3 Å². The normalized spacial score (nSPS) is 13.3. The van der Waals surface area contributed by atoms with E-state index in [1.54, 1.807) is 0 Å². The van der Waals surface area contributed by atoms with Gasteiger partial charge in [0.05, 0.1) is 5.69 Å². The van der Waals surface area contributed by atoms with Gasteiger partial charge in [0.25, 0.3) is 0 Å².